The van der Waals surface area contributed by atoms with Crippen LogP contribution in [0, 0.1) is 31.0 Å². The third-order valence-corrected chi connectivity index (χ3v) is 2.30. The van der Waals surface area contributed by atoms with Gasteiger partial charge < -0.3 is 0 Å². The molecule has 13 heavy (non-hydrogen) atoms. The zero-order chi connectivity index (χ0) is 9.84. The lowest BCUT2D eigenvalue weighted by Gasteiger charge is -2.07. The second-order valence-electron chi connectivity index (χ2n) is 3.13. The topological polar surface area (TPSA) is 23.8 Å². The van der Waals surface area contributed by atoms with Crippen LogP contribution in [0.15, 0.2) is 12.1 Å². The molecule has 2 heteroatoms. The summed E-state index contributed by atoms with van der Waals surface area (Å²) in [6, 6.07) is 5.26. The molecule has 0 aromatic heterocycles. The number of aryl methyl sites for hydroxylation is 1. The SMILES string of the molecule is Cc1ccc(F)c(CCC#N)c1C. The van der Waals surface area contributed by atoms with E-state index in [0.29, 0.717) is 18.4 Å². The minimum atomic E-state index is -0.196. The van der Waals surface area contributed by atoms with E-state index < -0.39 is 0 Å². The third kappa shape index (κ3) is 2.06. The fourth-order valence-electron chi connectivity index (χ4n) is 1.33. The Balaban J connectivity index is 3.04. The molecule has 0 unspecified atom stereocenters. The highest BCUT2D eigenvalue weighted by atomic mass is 19.1. The Morgan fingerprint density at radius 3 is 2.69 bits per heavy atom. The molecule has 0 spiro atoms. The Morgan fingerprint density at radius 2 is 2.08 bits per heavy atom. The van der Waals surface area contributed by atoms with Crippen LogP contribution in [-0.2, 0) is 6.42 Å². The van der Waals surface area contributed by atoms with Gasteiger partial charge in [-0.1, -0.05) is 6.07 Å². The van der Waals surface area contributed by atoms with Crippen molar-refractivity contribution in [3.8, 4) is 6.07 Å². The summed E-state index contributed by atoms with van der Waals surface area (Å²) in [5.41, 5.74) is 2.73. The first-order valence-corrected chi connectivity index (χ1v) is 4.28. The summed E-state index contributed by atoms with van der Waals surface area (Å²) in [6.45, 7) is 3.84. The minimum absolute atomic E-state index is 0.196. The standard InChI is InChI=1S/C11H12FN/c1-8-5-6-11(12)10(9(8)2)4-3-7-13/h5-6H,3-4H2,1-2H3. The molecule has 0 amide bonds. The number of hydrogen-bond donors (Lipinski definition) is 0. The lowest BCUT2D eigenvalue weighted by Crippen LogP contribution is -1.96. The lowest BCUT2D eigenvalue weighted by atomic mass is 9.99. The molecule has 0 bridgehead atoms. The molecule has 0 N–H and O–H groups in total. The average molecular weight is 177 g/mol. The predicted octanol–water partition coefficient (Wildman–Crippen LogP) is 2.90. The quantitative estimate of drug-likeness (QED) is 0.681. The summed E-state index contributed by atoms with van der Waals surface area (Å²) in [5.74, 6) is -0.196. The second-order valence-corrected chi connectivity index (χ2v) is 3.13. The zero-order valence-corrected chi connectivity index (χ0v) is 7.89. The lowest BCUT2D eigenvalue weighted by molar-refractivity contribution is 0.607. The normalized spacial score (nSPS) is 9.69. The van der Waals surface area contributed by atoms with Crippen molar-refractivity contribution in [2.75, 3.05) is 0 Å². The fourth-order valence-corrected chi connectivity index (χ4v) is 1.33. The predicted molar refractivity (Wildman–Crippen MR) is 49.8 cm³/mol. The molecule has 0 radical (unpaired) electrons. The van der Waals surface area contributed by atoms with E-state index in [4.69, 9.17) is 5.26 Å². The number of rotatable bonds is 2. The first kappa shape index (κ1) is 9.73. The maximum absolute atomic E-state index is 13.2. The molecular weight excluding hydrogens is 165 g/mol. The van der Waals surface area contributed by atoms with E-state index in [2.05, 4.69) is 0 Å². The molecule has 0 aliphatic carbocycles. The molecule has 0 saturated carbocycles. The van der Waals surface area contributed by atoms with Crippen molar-refractivity contribution in [3.63, 3.8) is 0 Å². The van der Waals surface area contributed by atoms with Crippen LogP contribution in [0.25, 0.3) is 0 Å². The summed E-state index contributed by atoms with van der Waals surface area (Å²) < 4.78 is 13.2. The maximum atomic E-state index is 13.2. The first-order valence-electron chi connectivity index (χ1n) is 4.28. The van der Waals surface area contributed by atoms with Crippen LogP contribution in [0.2, 0.25) is 0 Å². The van der Waals surface area contributed by atoms with Gasteiger partial charge in [-0.3, -0.25) is 0 Å². The van der Waals surface area contributed by atoms with E-state index in [1.165, 1.54) is 6.07 Å². The molecule has 0 atom stereocenters. The molecule has 0 fully saturated rings. The van der Waals surface area contributed by atoms with E-state index in [1.807, 2.05) is 19.9 Å². The van der Waals surface area contributed by atoms with Gasteiger partial charge in [0.05, 0.1) is 6.07 Å². The second kappa shape index (κ2) is 4.04. The number of halogens is 1. The van der Waals surface area contributed by atoms with Gasteiger partial charge in [0.15, 0.2) is 0 Å². The van der Waals surface area contributed by atoms with Crippen molar-refractivity contribution < 1.29 is 4.39 Å². The van der Waals surface area contributed by atoms with E-state index in [1.54, 1.807) is 6.07 Å². The van der Waals surface area contributed by atoms with Crippen molar-refractivity contribution in [3.05, 3.63) is 34.6 Å². The molecule has 0 aliphatic rings. The van der Waals surface area contributed by atoms with Crippen LogP contribution in [0.1, 0.15) is 23.1 Å². The van der Waals surface area contributed by atoms with Gasteiger partial charge in [-0.15, -0.1) is 0 Å². The third-order valence-electron chi connectivity index (χ3n) is 2.30. The molecular formula is C11H12FN. The van der Waals surface area contributed by atoms with Gasteiger partial charge in [0, 0.05) is 6.42 Å². The van der Waals surface area contributed by atoms with Crippen LogP contribution >= 0.6 is 0 Å². The highest BCUT2D eigenvalue weighted by Crippen LogP contribution is 2.18. The molecule has 1 aromatic carbocycles. The largest absolute Gasteiger partial charge is 0.207 e. The van der Waals surface area contributed by atoms with Crippen molar-refractivity contribution in [2.24, 2.45) is 0 Å². The van der Waals surface area contributed by atoms with Crippen molar-refractivity contribution in [1.29, 1.82) is 5.26 Å². The minimum Gasteiger partial charge on any atom is -0.207 e. The van der Waals surface area contributed by atoms with Gasteiger partial charge in [-0.25, -0.2) is 4.39 Å². The highest BCUT2D eigenvalue weighted by Gasteiger charge is 2.06. The Labute approximate surface area is 77.8 Å². The summed E-state index contributed by atoms with van der Waals surface area (Å²) in [5, 5.41) is 8.41. The van der Waals surface area contributed by atoms with E-state index in [0.717, 1.165) is 11.1 Å². The number of nitriles is 1. The summed E-state index contributed by atoms with van der Waals surface area (Å²) in [4.78, 5) is 0. The summed E-state index contributed by atoms with van der Waals surface area (Å²) in [7, 11) is 0. The Hall–Kier alpha value is -1.36. The smallest absolute Gasteiger partial charge is 0.126 e. The molecule has 1 rings (SSSR count). The van der Waals surface area contributed by atoms with Gasteiger partial charge in [-0.2, -0.15) is 5.26 Å². The van der Waals surface area contributed by atoms with Crippen molar-refractivity contribution in [2.45, 2.75) is 26.7 Å². The van der Waals surface area contributed by atoms with Gasteiger partial charge in [0.25, 0.3) is 0 Å². The Morgan fingerprint density at radius 1 is 1.38 bits per heavy atom. The van der Waals surface area contributed by atoms with Gasteiger partial charge in [-0.05, 0) is 43.0 Å². The molecule has 1 nitrogen and oxygen atoms in total. The van der Waals surface area contributed by atoms with Crippen LogP contribution < -0.4 is 0 Å². The van der Waals surface area contributed by atoms with Gasteiger partial charge >= 0.3 is 0 Å². The van der Waals surface area contributed by atoms with Gasteiger partial charge in [0.1, 0.15) is 5.82 Å². The first-order chi connectivity index (χ1) is 6.16. The van der Waals surface area contributed by atoms with Crippen molar-refractivity contribution >= 4 is 0 Å². The van der Waals surface area contributed by atoms with E-state index in [9.17, 15) is 4.39 Å². The molecule has 0 saturated heterocycles. The van der Waals surface area contributed by atoms with E-state index in [-0.39, 0.29) is 5.82 Å². The number of nitrogens with zero attached hydrogens (tertiary/aromatic N) is 1. The van der Waals surface area contributed by atoms with Gasteiger partial charge in [0.2, 0.25) is 0 Å². The monoisotopic (exact) mass is 177 g/mol. The molecule has 1 aromatic rings. The fraction of sp³-hybridized carbons (Fsp3) is 0.364. The molecule has 68 valence electrons. The Bertz CT molecular complexity index is 350. The highest BCUT2D eigenvalue weighted by molar-refractivity contribution is 5.34. The molecule has 0 aliphatic heterocycles. The summed E-state index contributed by atoms with van der Waals surface area (Å²) >= 11 is 0. The van der Waals surface area contributed by atoms with Crippen LogP contribution in [0.5, 0.6) is 0 Å². The van der Waals surface area contributed by atoms with E-state index >= 15 is 0 Å². The van der Waals surface area contributed by atoms with Crippen LogP contribution in [-0.4, -0.2) is 0 Å². The number of hydrogen-bond acceptors (Lipinski definition) is 1. The summed E-state index contributed by atoms with van der Waals surface area (Å²) in [6.07, 6.45) is 0.886. The average Bonchev–Trinajstić information content (AvgIpc) is 2.12. The van der Waals surface area contributed by atoms with Crippen molar-refractivity contribution in [1.82, 2.24) is 0 Å². The van der Waals surface area contributed by atoms with Crippen LogP contribution in [0.4, 0.5) is 4.39 Å². The zero-order valence-electron chi connectivity index (χ0n) is 7.89. The number of benzene rings is 1. The maximum Gasteiger partial charge on any atom is 0.126 e. The molecule has 0 heterocycles. The Kier molecular flexibility index (Phi) is 3.02. The van der Waals surface area contributed by atoms with Crippen LogP contribution in [0.3, 0.4) is 0 Å².